The molecule has 0 aliphatic rings. The molecule has 0 spiro atoms. The van der Waals surface area contributed by atoms with Crippen LogP contribution in [-0.2, 0) is 14.8 Å². The number of hydrazine groups is 1. The van der Waals surface area contributed by atoms with Gasteiger partial charge in [0.2, 0.25) is 0 Å². The van der Waals surface area contributed by atoms with Crippen LogP contribution in [0.25, 0.3) is 0 Å². The summed E-state index contributed by atoms with van der Waals surface area (Å²) in [5.74, 6) is -1.61. The van der Waals surface area contributed by atoms with Gasteiger partial charge in [0.15, 0.2) is 18.2 Å². The van der Waals surface area contributed by atoms with Gasteiger partial charge in [0.1, 0.15) is 4.90 Å². The lowest BCUT2D eigenvalue weighted by molar-refractivity contribution is -0.123. The molecule has 0 unspecified atom stereocenters. The highest BCUT2D eigenvalue weighted by atomic mass is 35.5. The van der Waals surface area contributed by atoms with E-state index >= 15 is 0 Å². The number of ether oxygens (including phenoxy) is 1. The number of benzene rings is 2. The zero-order chi connectivity index (χ0) is 17.7. The van der Waals surface area contributed by atoms with Crippen LogP contribution in [0.4, 0.5) is 4.39 Å². The number of nitrogens with one attached hydrogen (secondary N) is 2. The van der Waals surface area contributed by atoms with Gasteiger partial charge in [-0.1, -0.05) is 35.3 Å². The molecule has 24 heavy (non-hydrogen) atoms. The van der Waals surface area contributed by atoms with Crippen molar-refractivity contribution in [3.63, 3.8) is 0 Å². The summed E-state index contributed by atoms with van der Waals surface area (Å²) < 4.78 is 42.4. The maximum Gasteiger partial charge on any atom is 0.272 e. The van der Waals surface area contributed by atoms with Crippen LogP contribution in [0.2, 0.25) is 10.0 Å². The summed E-state index contributed by atoms with van der Waals surface area (Å²) in [7, 11) is -4.13. The largest absolute Gasteiger partial charge is 0.481 e. The number of carbonyl (C=O) groups excluding carboxylic acids is 1. The molecule has 0 fully saturated rings. The minimum Gasteiger partial charge on any atom is -0.481 e. The van der Waals surface area contributed by atoms with Gasteiger partial charge in [-0.15, -0.1) is 4.83 Å². The summed E-state index contributed by atoms with van der Waals surface area (Å²) in [5.41, 5.74) is 1.93. The Morgan fingerprint density at radius 2 is 1.88 bits per heavy atom. The third-order valence-corrected chi connectivity index (χ3v) is 4.67. The minimum absolute atomic E-state index is 0.0660. The van der Waals surface area contributed by atoms with Crippen molar-refractivity contribution in [3.8, 4) is 5.75 Å². The molecule has 10 heteroatoms. The van der Waals surface area contributed by atoms with Crippen molar-refractivity contribution in [1.29, 1.82) is 0 Å². The molecular weight excluding hydrogens is 382 g/mol. The van der Waals surface area contributed by atoms with E-state index in [2.05, 4.69) is 0 Å². The normalized spacial score (nSPS) is 11.1. The van der Waals surface area contributed by atoms with Gasteiger partial charge in [0, 0.05) is 5.02 Å². The molecule has 0 aromatic heterocycles. The fourth-order valence-corrected chi connectivity index (χ4v) is 3.23. The number of para-hydroxylation sites is 1. The molecule has 0 saturated heterocycles. The van der Waals surface area contributed by atoms with E-state index in [0.717, 1.165) is 12.1 Å². The lowest BCUT2D eigenvalue weighted by Crippen LogP contribution is -2.43. The Balaban J connectivity index is 1.95. The van der Waals surface area contributed by atoms with E-state index in [4.69, 9.17) is 27.9 Å². The standard InChI is InChI=1S/C14H11Cl2FN2O4S/c15-9-5-6-10(16)13(7-9)24(21,22)19-18-14(20)8-23-12-4-2-1-3-11(12)17/h1-7,19H,8H2,(H,18,20). The molecule has 2 aromatic carbocycles. The van der Waals surface area contributed by atoms with E-state index in [-0.39, 0.29) is 20.7 Å². The molecule has 0 aliphatic carbocycles. The van der Waals surface area contributed by atoms with Gasteiger partial charge in [-0.25, -0.2) is 12.8 Å². The van der Waals surface area contributed by atoms with Crippen LogP contribution in [0.5, 0.6) is 5.75 Å². The average Bonchev–Trinajstić information content (AvgIpc) is 2.54. The summed E-state index contributed by atoms with van der Waals surface area (Å²) in [6, 6.07) is 9.35. The van der Waals surface area contributed by atoms with Crippen LogP contribution in [0.15, 0.2) is 47.4 Å². The first-order valence-corrected chi connectivity index (χ1v) is 8.66. The Bertz CT molecular complexity index is 862. The van der Waals surface area contributed by atoms with Gasteiger partial charge in [0.05, 0.1) is 5.02 Å². The topological polar surface area (TPSA) is 84.5 Å². The van der Waals surface area contributed by atoms with Gasteiger partial charge in [-0.3, -0.25) is 10.2 Å². The zero-order valence-corrected chi connectivity index (χ0v) is 14.3. The summed E-state index contributed by atoms with van der Waals surface area (Å²) in [5, 5.41) is 0.0951. The van der Waals surface area contributed by atoms with E-state index in [1.165, 1.54) is 30.3 Å². The summed E-state index contributed by atoms with van der Waals surface area (Å²) in [4.78, 5) is 13.2. The number of rotatable bonds is 6. The fraction of sp³-hybridized carbons (Fsp3) is 0.0714. The van der Waals surface area contributed by atoms with Gasteiger partial charge in [-0.05, 0) is 30.3 Å². The van der Waals surface area contributed by atoms with Gasteiger partial charge in [-0.2, -0.15) is 0 Å². The molecule has 0 heterocycles. The highest BCUT2D eigenvalue weighted by molar-refractivity contribution is 7.89. The van der Waals surface area contributed by atoms with Crippen molar-refractivity contribution in [3.05, 3.63) is 58.3 Å². The SMILES string of the molecule is O=C(COc1ccccc1F)NNS(=O)(=O)c1cc(Cl)ccc1Cl. The Hall–Kier alpha value is -1.87. The molecule has 2 rings (SSSR count). The van der Waals surface area contributed by atoms with Crippen LogP contribution in [-0.4, -0.2) is 20.9 Å². The molecule has 1 amide bonds. The van der Waals surface area contributed by atoms with Crippen molar-refractivity contribution in [2.75, 3.05) is 6.61 Å². The number of sulfonamides is 1. The molecular formula is C14H11Cl2FN2O4S. The molecule has 0 atom stereocenters. The first-order valence-electron chi connectivity index (χ1n) is 6.42. The zero-order valence-electron chi connectivity index (χ0n) is 11.9. The highest BCUT2D eigenvalue weighted by Gasteiger charge is 2.19. The third-order valence-electron chi connectivity index (χ3n) is 2.70. The van der Waals surface area contributed by atoms with Crippen LogP contribution in [0.3, 0.4) is 0 Å². The number of halogens is 3. The molecule has 0 aliphatic heterocycles. The Morgan fingerprint density at radius 1 is 1.17 bits per heavy atom. The summed E-state index contributed by atoms with van der Waals surface area (Å²) in [6.07, 6.45) is 0. The lowest BCUT2D eigenvalue weighted by Gasteiger charge is -2.11. The maximum atomic E-state index is 13.3. The Morgan fingerprint density at radius 3 is 2.58 bits per heavy atom. The van der Waals surface area contributed by atoms with Gasteiger partial charge >= 0.3 is 0 Å². The van der Waals surface area contributed by atoms with E-state index in [1.807, 2.05) is 10.3 Å². The number of hydrogen-bond acceptors (Lipinski definition) is 4. The predicted molar refractivity (Wildman–Crippen MR) is 86.8 cm³/mol. The molecule has 128 valence electrons. The van der Waals surface area contributed by atoms with Crippen molar-refractivity contribution in [2.24, 2.45) is 0 Å². The van der Waals surface area contributed by atoms with E-state index in [0.29, 0.717) is 0 Å². The molecule has 0 bridgehead atoms. The fourth-order valence-electron chi connectivity index (χ4n) is 1.60. The van der Waals surface area contributed by atoms with Crippen molar-refractivity contribution in [2.45, 2.75) is 4.90 Å². The smallest absolute Gasteiger partial charge is 0.272 e. The van der Waals surface area contributed by atoms with Gasteiger partial charge in [0.25, 0.3) is 15.9 Å². The molecule has 6 nitrogen and oxygen atoms in total. The molecule has 0 radical (unpaired) electrons. The maximum absolute atomic E-state index is 13.3. The van der Waals surface area contributed by atoms with Crippen molar-refractivity contribution >= 4 is 39.1 Å². The third kappa shape index (κ3) is 4.81. The number of carbonyl (C=O) groups is 1. The van der Waals surface area contributed by atoms with Crippen LogP contribution in [0, 0.1) is 5.82 Å². The molecule has 0 saturated carbocycles. The first kappa shape index (κ1) is 18.5. The van der Waals surface area contributed by atoms with E-state index in [1.54, 1.807) is 0 Å². The van der Waals surface area contributed by atoms with Gasteiger partial charge < -0.3 is 4.74 Å². The quantitative estimate of drug-likeness (QED) is 0.739. The van der Waals surface area contributed by atoms with Crippen LogP contribution in [0.1, 0.15) is 0 Å². The predicted octanol–water partition coefficient (Wildman–Crippen LogP) is 2.52. The second-order valence-electron chi connectivity index (χ2n) is 4.45. The van der Waals surface area contributed by atoms with E-state index < -0.39 is 28.4 Å². The Labute approximate surface area is 147 Å². The second kappa shape index (κ2) is 7.80. The summed E-state index contributed by atoms with van der Waals surface area (Å²) >= 11 is 11.5. The van der Waals surface area contributed by atoms with E-state index in [9.17, 15) is 17.6 Å². The van der Waals surface area contributed by atoms with Crippen molar-refractivity contribution < 1.29 is 22.3 Å². The summed E-state index contributed by atoms with van der Waals surface area (Å²) in [6.45, 7) is -0.591. The number of hydrogen-bond donors (Lipinski definition) is 2. The number of amides is 1. The minimum atomic E-state index is -4.13. The highest BCUT2D eigenvalue weighted by Crippen LogP contribution is 2.24. The Kier molecular flexibility index (Phi) is 6.00. The molecule has 2 aromatic rings. The first-order chi connectivity index (χ1) is 11.3. The van der Waals surface area contributed by atoms with Crippen LogP contribution < -0.4 is 15.0 Å². The second-order valence-corrected chi connectivity index (χ2v) is 6.94. The lowest BCUT2D eigenvalue weighted by atomic mass is 10.3. The average molecular weight is 393 g/mol. The van der Waals surface area contributed by atoms with Crippen molar-refractivity contribution in [1.82, 2.24) is 10.3 Å². The van der Waals surface area contributed by atoms with Crippen LogP contribution >= 0.6 is 23.2 Å². The molecule has 2 N–H and O–H groups in total. The monoisotopic (exact) mass is 392 g/mol.